The molecular weight excluding hydrogens is 471 g/mol. The van der Waals surface area contributed by atoms with Gasteiger partial charge in [0.15, 0.2) is 23.2 Å². The average Bonchev–Trinajstić information content (AvgIpc) is 3.32. The number of nitrogens with zero attached hydrogens (tertiary/aromatic N) is 6. The Morgan fingerprint density at radius 1 is 1.08 bits per heavy atom. The van der Waals surface area contributed by atoms with Gasteiger partial charge < -0.3 is 15.0 Å². The van der Waals surface area contributed by atoms with E-state index in [1.54, 1.807) is 6.07 Å². The molecule has 3 fully saturated rings. The van der Waals surface area contributed by atoms with Crippen molar-refractivity contribution in [3.05, 3.63) is 71.4 Å². The number of halogens is 1. The maximum atomic E-state index is 14.7. The highest BCUT2D eigenvalue weighted by Crippen LogP contribution is 2.36. The second-order valence-corrected chi connectivity index (χ2v) is 9.74. The Bertz CT molecular complexity index is 1410. The van der Waals surface area contributed by atoms with Gasteiger partial charge in [-0.25, -0.2) is 19.3 Å². The molecule has 6 heterocycles. The monoisotopic (exact) mass is 500 g/mol. The lowest BCUT2D eigenvalue weighted by atomic mass is 9.86. The van der Waals surface area contributed by atoms with Crippen molar-refractivity contribution >= 4 is 17.5 Å². The summed E-state index contributed by atoms with van der Waals surface area (Å²) in [4.78, 5) is 18.7. The van der Waals surface area contributed by atoms with Crippen molar-refractivity contribution in [2.75, 3.05) is 30.4 Å². The van der Waals surface area contributed by atoms with Crippen LogP contribution < -0.4 is 15.0 Å². The van der Waals surface area contributed by atoms with E-state index in [9.17, 15) is 4.39 Å². The molecule has 0 amide bonds. The standard InChI is InChI=1S/C27H29FN8O/c1-16-9-23(31-24-10-17(2)33-34-24)32-27(30-16)18-7-8-25(29-12-18)35-14-20-11-21(15-35)36(20)13-19-5-4-6-22(37-3)26(19)28/h4-10,12,20-21H,11,13-15H2,1-3H3,(H2,30,31,32,33,34). The van der Waals surface area contributed by atoms with Gasteiger partial charge in [-0.3, -0.25) is 10.00 Å². The highest BCUT2D eigenvalue weighted by atomic mass is 19.1. The SMILES string of the molecule is COc1cccc(CN2C3CC2CN(c2ccc(-c4nc(C)cc(Nc5cc(C)[nH]n5)n4)cn2)C3)c1F. The summed E-state index contributed by atoms with van der Waals surface area (Å²) in [6.45, 7) is 6.22. The van der Waals surface area contributed by atoms with Crippen LogP contribution in [0.3, 0.4) is 0 Å². The molecule has 3 aliphatic rings. The maximum absolute atomic E-state index is 14.7. The van der Waals surface area contributed by atoms with Gasteiger partial charge in [0.05, 0.1) is 7.11 Å². The molecule has 9 nitrogen and oxygen atoms in total. The Morgan fingerprint density at radius 3 is 2.62 bits per heavy atom. The van der Waals surface area contributed by atoms with Crippen LogP contribution in [0.5, 0.6) is 5.75 Å². The number of hydrogen-bond acceptors (Lipinski definition) is 8. The van der Waals surface area contributed by atoms with Gasteiger partial charge in [-0.2, -0.15) is 5.10 Å². The number of benzene rings is 1. The van der Waals surface area contributed by atoms with E-state index in [1.165, 1.54) is 7.11 Å². The van der Waals surface area contributed by atoms with Gasteiger partial charge in [0.25, 0.3) is 0 Å². The highest BCUT2D eigenvalue weighted by Gasteiger charge is 2.45. The summed E-state index contributed by atoms with van der Waals surface area (Å²) in [7, 11) is 1.50. The van der Waals surface area contributed by atoms with E-state index in [-0.39, 0.29) is 5.82 Å². The molecule has 190 valence electrons. The average molecular weight is 501 g/mol. The normalized spacial score (nSPS) is 19.0. The van der Waals surface area contributed by atoms with Gasteiger partial charge >= 0.3 is 0 Å². The summed E-state index contributed by atoms with van der Waals surface area (Å²) in [6, 6.07) is 14.0. The van der Waals surface area contributed by atoms with Crippen LogP contribution >= 0.6 is 0 Å². The Morgan fingerprint density at radius 2 is 1.92 bits per heavy atom. The number of aromatic amines is 1. The molecule has 7 rings (SSSR count). The molecule has 2 unspecified atom stereocenters. The van der Waals surface area contributed by atoms with E-state index in [4.69, 9.17) is 9.72 Å². The van der Waals surface area contributed by atoms with E-state index in [1.807, 2.05) is 56.4 Å². The molecule has 0 spiro atoms. The summed E-state index contributed by atoms with van der Waals surface area (Å²) < 4.78 is 19.8. The lowest BCUT2D eigenvalue weighted by Crippen LogP contribution is -2.68. The summed E-state index contributed by atoms with van der Waals surface area (Å²) in [6.07, 6.45) is 2.96. The minimum atomic E-state index is -0.264. The number of anilines is 3. The Kier molecular flexibility index (Phi) is 5.96. The zero-order valence-corrected chi connectivity index (χ0v) is 21.1. The van der Waals surface area contributed by atoms with E-state index < -0.39 is 0 Å². The number of rotatable bonds is 7. The van der Waals surface area contributed by atoms with Crippen molar-refractivity contribution in [1.82, 2.24) is 30.0 Å². The fourth-order valence-corrected chi connectivity index (χ4v) is 5.25. The number of piperazine rings is 1. The third kappa shape index (κ3) is 4.60. The van der Waals surface area contributed by atoms with Gasteiger partial charge in [-0.15, -0.1) is 0 Å². The molecule has 3 aliphatic heterocycles. The summed E-state index contributed by atoms with van der Waals surface area (Å²) >= 11 is 0. The number of ether oxygens (including phenoxy) is 1. The molecule has 1 aromatic carbocycles. The number of H-pyrrole nitrogens is 1. The first-order chi connectivity index (χ1) is 18.0. The third-order valence-electron chi connectivity index (χ3n) is 7.11. The number of aromatic nitrogens is 5. The van der Waals surface area contributed by atoms with Crippen molar-refractivity contribution < 1.29 is 9.13 Å². The van der Waals surface area contributed by atoms with E-state index in [2.05, 4.69) is 35.3 Å². The smallest absolute Gasteiger partial charge is 0.169 e. The predicted molar refractivity (Wildman–Crippen MR) is 140 cm³/mol. The van der Waals surface area contributed by atoms with E-state index in [0.717, 1.165) is 42.3 Å². The first-order valence-electron chi connectivity index (χ1n) is 12.4. The largest absolute Gasteiger partial charge is 0.494 e. The number of methoxy groups -OCH3 is 1. The minimum Gasteiger partial charge on any atom is -0.494 e. The molecule has 3 saturated heterocycles. The Balaban J connectivity index is 1.13. The first kappa shape index (κ1) is 23.4. The first-order valence-corrected chi connectivity index (χ1v) is 12.4. The number of pyridine rings is 1. The molecule has 0 saturated carbocycles. The number of aryl methyl sites for hydroxylation is 2. The topological polar surface area (TPSA) is 95.1 Å². The predicted octanol–water partition coefficient (Wildman–Crippen LogP) is 4.23. The molecule has 37 heavy (non-hydrogen) atoms. The van der Waals surface area contributed by atoms with Crippen LogP contribution in [0, 0.1) is 19.7 Å². The van der Waals surface area contributed by atoms with Gasteiger partial charge in [-0.1, -0.05) is 12.1 Å². The molecule has 10 heteroatoms. The number of hydrogen-bond donors (Lipinski definition) is 2. The van der Waals surface area contributed by atoms with Crippen LogP contribution in [0.25, 0.3) is 11.4 Å². The van der Waals surface area contributed by atoms with Crippen LogP contribution in [-0.4, -0.2) is 62.3 Å². The van der Waals surface area contributed by atoms with Crippen molar-refractivity contribution in [3.8, 4) is 17.1 Å². The van der Waals surface area contributed by atoms with Crippen molar-refractivity contribution in [1.29, 1.82) is 0 Å². The molecule has 2 N–H and O–H groups in total. The van der Waals surface area contributed by atoms with Crippen molar-refractivity contribution in [2.24, 2.45) is 0 Å². The highest BCUT2D eigenvalue weighted by molar-refractivity contribution is 5.61. The van der Waals surface area contributed by atoms with Crippen LogP contribution in [0.2, 0.25) is 0 Å². The Labute approximate surface area is 214 Å². The van der Waals surface area contributed by atoms with Crippen LogP contribution in [-0.2, 0) is 6.54 Å². The molecular formula is C27H29FN8O. The molecule has 0 aliphatic carbocycles. The van der Waals surface area contributed by atoms with Crippen LogP contribution in [0.4, 0.5) is 21.8 Å². The lowest BCUT2D eigenvalue weighted by Gasteiger charge is -2.56. The molecule has 0 radical (unpaired) electrons. The zero-order chi connectivity index (χ0) is 25.5. The van der Waals surface area contributed by atoms with Crippen molar-refractivity contribution in [3.63, 3.8) is 0 Å². The fraction of sp³-hybridized carbons (Fsp3) is 0.333. The summed E-state index contributed by atoms with van der Waals surface area (Å²) in [5.74, 6) is 2.97. The van der Waals surface area contributed by atoms with Crippen LogP contribution in [0.15, 0.2) is 48.7 Å². The summed E-state index contributed by atoms with van der Waals surface area (Å²) in [5.41, 5.74) is 3.36. The minimum absolute atomic E-state index is 0.264. The molecule has 4 aromatic rings. The number of piperidine rings is 1. The molecule has 2 atom stereocenters. The van der Waals surface area contributed by atoms with E-state index in [0.29, 0.717) is 47.4 Å². The summed E-state index contributed by atoms with van der Waals surface area (Å²) in [5, 5.41) is 10.4. The van der Waals surface area contributed by atoms with Crippen molar-refractivity contribution in [2.45, 2.75) is 38.9 Å². The van der Waals surface area contributed by atoms with Gasteiger partial charge in [0.2, 0.25) is 0 Å². The molecule has 2 bridgehead atoms. The second kappa shape index (κ2) is 9.44. The number of nitrogens with one attached hydrogen (secondary N) is 2. The number of fused-ring (bicyclic) bond motifs is 2. The maximum Gasteiger partial charge on any atom is 0.169 e. The second-order valence-electron chi connectivity index (χ2n) is 9.74. The van der Waals surface area contributed by atoms with Gasteiger partial charge in [0, 0.05) is 72.6 Å². The van der Waals surface area contributed by atoms with Gasteiger partial charge in [0.1, 0.15) is 11.6 Å². The lowest BCUT2D eigenvalue weighted by molar-refractivity contribution is -0.00954. The quantitative estimate of drug-likeness (QED) is 0.389. The van der Waals surface area contributed by atoms with Gasteiger partial charge in [-0.05, 0) is 38.5 Å². The van der Waals surface area contributed by atoms with E-state index >= 15 is 0 Å². The third-order valence-corrected chi connectivity index (χ3v) is 7.11. The van der Waals surface area contributed by atoms with Crippen LogP contribution in [0.1, 0.15) is 23.4 Å². The molecule has 3 aromatic heterocycles. The fourth-order valence-electron chi connectivity index (χ4n) is 5.25. The zero-order valence-electron chi connectivity index (χ0n) is 21.1. The Hall–Kier alpha value is -4.05.